The van der Waals surface area contributed by atoms with Crippen LogP contribution in [0.1, 0.15) is 36.1 Å². The Morgan fingerprint density at radius 1 is 0.759 bits per heavy atom. The van der Waals surface area contributed by atoms with E-state index >= 15 is 0 Å². The maximum Gasteiger partial charge on any atom is 0.155 e. The number of hydrogen-bond donors (Lipinski definition) is 4. The molecule has 0 spiro atoms. The highest BCUT2D eigenvalue weighted by molar-refractivity contribution is 6.21. The van der Waals surface area contributed by atoms with Crippen molar-refractivity contribution in [2.24, 2.45) is 26.9 Å². The average molecular weight is 390 g/mol. The average Bonchev–Trinajstić information content (AvgIpc) is 3.13. The highest BCUT2D eigenvalue weighted by atomic mass is 16.5. The van der Waals surface area contributed by atoms with Crippen molar-refractivity contribution >= 4 is 23.3 Å². The number of rotatable bonds is 6. The Balaban J connectivity index is 1.37. The predicted molar refractivity (Wildman–Crippen MR) is 113 cm³/mol. The first-order valence-corrected chi connectivity index (χ1v) is 9.14. The standard InChI is InChI=1S/C21H22N6O2/c1-21(2,9-28-11-3-5-13-15(7-11)19(24)26-17(13)22)10-29-12-4-6-14-16(8-12)20(25)27-18(14)23/h3-8H,9-10H2,1-2H3,(H3,22,24,26)(H3,23,25,27). The van der Waals surface area contributed by atoms with Crippen molar-refractivity contribution < 1.29 is 9.47 Å². The Morgan fingerprint density at radius 2 is 1.17 bits per heavy atom. The van der Waals surface area contributed by atoms with Gasteiger partial charge in [0.15, 0.2) is 11.7 Å². The molecule has 0 aromatic heterocycles. The van der Waals surface area contributed by atoms with E-state index in [-0.39, 0.29) is 17.1 Å². The zero-order valence-corrected chi connectivity index (χ0v) is 16.2. The predicted octanol–water partition coefficient (Wildman–Crippen LogP) is 2.26. The summed E-state index contributed by atoms with van der Waals surface area (Å²) < 4.78 is 11.9. The Hall–Kier alpha value is -3.68. The van der Waals surface area contributed by atoms with Crippen molar-refractivity contribution in [1.82, 2.24) is 0 Å². The van der Waals surface area contributed by atoms with E-state index in [1.807, 2.05) is 38.1 Å². The number of nitrogens with zero attached hydrogens (tertiary/aromatic N) is 2. The summed E-state index contributed by atoms with van der Waals surface area (Å²) in [5.74, 6) is 2.34. The zero-order valence-electron chi connectivity index (χ0n) is 16.2. The first-order chi connectivity index (χ1) is 13.7. The number of hydrogen-bond acceptors (Lipinski definition) is 6. The van der Waals surface area contributed by atoms with E-state index in [0.717, 1.165) is 11.1 Å². The van der Waals surface area contributed by atoms with Crippen LogP contribution in [0.15, 0.2) is 46.4 Å². The van der Waals surface area contributed by atoms with E-state index in [4.69, 9.17) is 31.8 Å². The Bertz CT molecular complexity index is 1010. The van der Waals surface area contributed by atoms with E-state index in [0.29, 0.717) is 47.5 Å². The lowest BCUT2D eigenvalue weighted by molar-refractivity contribution is 0.110. The molecule has 2 aromatic rings. The molecular formula is C21H22N6O2. The molecule has 29 heavy (non-hydrogen) atoms. The molecule has 0 saturated carbocycles. The van der Waals surface area contributed by atoms with Gasteiger partial charge < -0.3 is 20.9 Å². The summed E-state index contributed by atoms with van der Waals surface area (Å²) in [6.07, 6.45) is 0. The molecule has 0 unspecified atom stereocenters. The summed E-state index contributed by atoms with van der Waals surface area (Å²) in [6, 6.07) is 10.9. The maximum atomic E-state index is 7.88. The first-order valence-electron chi connectivity index (χ1n) is 9.14. The van der Waals surface area contributed by atoms with Crippen molar-refractivity contribution in [3.63, 3.8) is 0 Å². The van der Waals surface area contributed by atoms with Crippen LogP contribution in [0.25, 0.3) is 0 Å². The van der Waals surface area contributed by atoms with Crippen LogP contribution in [0.5, 0.6) is 11.5 Å². The van der Waals surface area contributed by atoms with Gasteiger partial charge in [-0.25, -0.2) is 9.98 Å². The minimum atomic E-state index is -0.274. The van der Waals surface area contributed by atoms with Crippen LogP contribution in [0, 0.1) is 16.2 Å². The fourth-order valence-electron chi connectivity index (χ4n) is 3.15. The van der Waals surface area contributed by atoms with E-state index in [2.05, 4.69) is 9.98 Å². The number of nitrogens with two attached hydrogens (primary N) is 2. The van der Waals surface area contributed by atoms with Gasteiger partial charge in [0, 0.05) is 27.7 Å². The minimum absolute atomic E-state index is 0.150. The quantitative estimate of drug-likeness (QED) is 0.600. The molecule has 8 nitrogen and oxygen atoms in total. The largest absolute Gasteiger partial charge is 0.493 e. The van der Waals surface area contributed by atoms with Crippen molar-refractivity contribution in [2.75, 3.05) is 13.2 Å². The van der Waals surface area contributed by atoms with E-state index < -0.39 is 0 Å². The maximum absolute atomic E-state index is 7.88. The summed E-state index contributed by atoms with van der Waals surface area (Å²) in [6.45, 7) is 4.93. The number of fused-ring (bicyclic) bond motifs is 2. The fourth-order valence-corrected chi connectivity index (χ4v) is 3.15. The number of benzene rings is 2. The first kappa shape index (κ1) is 18.7. The second kappa shape index (κ2) is 6.73. The molecule has 4 rings (SSSR count). The number of nitrogens with one attached hydrogen (secondary N) is 2. The minimum Gasteiger partial charge on any atom is -0.493 e. The second-order valence-electron chi connectivity index (χ2n) is 7.85. The van der Waals surface area contributed by atoms with Crippen LogP contribution in [0.2, 0.25) is 0 Å². The van der Waals surface area contributed by atoms with Gasteiger partial charge in [-0.3, -0.25) is 10.8 Å². The lowest BCUT2D eigenvalue weighted by Gasteiger charge is -2.25. The van der Waals surface area contributed by atoms with Crippen molar-refractivity contribution in [1.29, 1.82) is 10.8 Å². The fraction of sp³-hybridized carbons (Fsp3) is 0.238. The lowest BCUT2D eigenvalue weighted by Crippen LogP contribution is -2.28. The lowest BCUT2D eigenvalue weighted by atomic mass is 9.96. The van der Waals surface area contributed by atoms with E-state index in [1.54, 1.807) is 12.1 Å². The number of amidine groups is 4. The number of aliphatic imine (C=N–C) groups is 2. The molecule has 0 amide bonds. The van der Waals surface area contributed by atoms with Crippen LogP contribution < -0.4 is 20.9 Å². The van der Waals surface area contributed by atoms with Gasteiger partial charge in [0.25, 0.3) is 0 Å². The molecule has 0 fully saturated rings. The molecule has 2 aliphatic rings. The van der Waals surface area contributed by atoms with Crippen LogP contribution in [0.4, 0.5) is 0 Å². The molecule has 0 atom stereocenters. The molecule has 2 heterocycles. The van der Waals surface area contributed by atoms with Crippen LogP contribution in [0.3, 0.4) is 0 Å². The van der Waals surface area contributed by atoms with E-state index in [1.165, 1.54) is 0 Å². The molecule has 0 aliphatic carbocycles. The highest BCUT2D eigenvalue weighted by Gasteiger charge is 2.24. The van der Waals surface area contributed by atoms with Gasteiger partial charge in [-0.15, -0.1) is 0 Å². The van der Waals surface area contributed by atoms with Crippen molar-refractivity contribution in [3.8, 4) is 11.5 Å². The number of ether oxygens (including phenoxy) is 2. The molecule has 0 bridgehead atoms. The van der Waals surface area contributed by atoms with Crippen LogP contribution in [-0.4, -0.2) is 36.6 Å². The van der Waals surface area contributed by atoms with Gasteiger partial charge in [0.05, 0.1) is 13.2 Å². The normalized spacial score (nSPS) is 15.0. The molecule has 2 aliphatic heterocycles. The van der Waals surface area contributed by atoms with E-state index in [9.17, 15) is 0 Å². The smallest absolute Gasteiger partial charge is 0.155 e. The van der Waals surface area contributed by atoms with Crippen molar-refractivity contribution in [3.05, 3.63) is 58.7 Å². The van der Waals surface area contributed by atoms with Crippen LogP contribution in [-0.2, 0) is 0 Å². The third kappa shape index (κ3) is 3.56. The molecule has 148 valence electrons. The molecule has 0 saturated heterocycles. The summed E-state index contributed by atoms with van der Waals surface area (Å²) in [7, 11) is 0. The third-order valence-electron chi connectivity index (χ3n) is 4.77. The van der Waals surface area contributed by atoms with Gasteiger partial charge in [-0.2, -0.15) is 0 Å². The summed E-state index contributed by atoms with van der Waals surface area (Å²) in [5.41, 5.74) is 14.2. The summed E-state index contributed by atoms with van der Waals surface area (Å²) >= 11 is 0. The second-order valence-corrected chi connectivity index (χ2v) is 7.85. The zero-order chi connectivity index (χ0) is 20.8. The topological polar surface area (TPSA) is 143 Å². The van der Waals surface area contributed by atoms with Crippen LogP contribution >= 0.6 is 0 Å². The summed E-state index contributed by atoms with van der Waals surface area (Å²) in [5, 5.41) is 15.8. The third-order valence-corrected chi connectivity index (χ3v) is 4.77. The Labute approximate surface area is 168 Å². The summed E-state index contributed by atoms with van der Waals surface area (Å²) in [4.78, 5) is 7.95. The Kier molecular flexibility index (Phi) is 4.34. The monoisotopic (exact) mass is 390 g/mol. The Morgan fingerprint density at radius 3 is 1.59 bits per heavy atom. The van der Waals surface area contributed by atoms with Gasteiger partial charge >= 0.3 is 0 Å². The molecule has 8 heteroatoms. The molecule has 2 aromatic carbocycles. The van der Waals surface area contributed by atoms with Gasteiger partial charge in [0.2, 0.25) is 0 Å². The van der Waals surface area contributed by atoms with Gasteiger partial charge in [-0.05, 0) is 36.4 Å². The SMILES string of the molecule is CC(C)(COc1ccc2c(c1)C(=N)N=C2N)COc1ccc2c(c1)C(=N)N=C2N. The molecule has 6 N–H and O–H groups in total. The molecule has 0 radical (unpaired) electrons. The highest BCUT2D eigenvalue weighted by Crippen LogP contribution is 2.27. The van der Waals surface area contributed by atoms with Crippen molar-refractivity contribution in [2.45, 2.75) is 13.8 Å². The molecular weight excluding hydrogens is 368 g/mol. The van der Waals surface area contributed by atoms with Gasteiger partial charge in [0.1, 0.15) is 23.2 Å². The van der Waals surface area contributed by atoms with Gasteiger partial charge in [-0.1, -0.05) is 13.8 Å².